The van der Waals surface area contributed by atoms with Crippen LogP contribution >= 0.6 is 0 Å². The summed E-state index contributed by atoms with van der Waals surface area (Å²) >= 11 is 0. The van der Waals surface area contributed by atoms with Crippen molar-refractivity contribution in [2.75, 3.05) is 5.32 Å². The first-order valence-electron chi connectivity index (χ1n) is 6.49. The second-order valence-electron chi connectivity index (χ2n) is 4.61. The van der Waals surface area contributed by atoms with Gasteiger partial charge < -0.3 is 5.32 Å². The molecule has 0 atom stereocenters. The summed E-state index contributed by atoms with van der Waals surface area (Å²) in [6.45, 7) is 0.763. The summed E-state index contributed by atoms with van der Waals surface area (Å²) in [7, 11) is 0. The molecule has 1 heterocycles. The quantitative estimate of drug-likeness (QED) is 0.722. The van der Waals surface area contributed by atoms with E-state index in [1.165, 1.54) is 5.56 Å². The van der Waals surface area contributed by atoms with Gasteiger partial charge in [-0.2, -0.15) is 0 Å². The average Bonchev–Trinajstić information content (AvgIpc) is 2.53. The molecule has 0 aliphatic carbocycles. The van der Waals surface area contributed by atoms with Gasteiger partial charge in [0.1, 0.15) is 0 Å². The normalized spacial score (nSPS) is 10.2. The first-order valence-corrected chi connectivity index (χ1v) is 6.49. The molecule has 3 aromatic rings. The maximum absolute atomic E-state index is 5.40. The molecule has 0 aliphatic rings. The third-order valence-corrected chi connectivity index (χ3v) is 3.19. The van der Waals surface area contributed by atoms with Gasteiger partial charge in [0.25, 0.3) is 0 Å². The number of nitrogens with one attached hydrogen (secondary N) is 1. The molecule has 1 N–H and O–H groups in total. The molecule has 96 valence electrons. The minimum Gasteiger partial charge on any atom is -0.381 e. The predicted octanol–water partition coefficient (Wildman–Crippen LogP) is 3.83. The molecule has 0 aliphatic heterocycles. The number of terminal acetylenes is 1. The number of aromatic nitrogens is 1. The van der Waals surface area contributed by atoms with Gasteiger partial charge in [-0.05, 0) is 42.0 Å². The first kappa shape index (κ1) is 12.3. The summed E-state index contributed by atoms with van der Waals surface area (Å²) < 4.78 is 0. The van der Waals surface area contributed by atoms with Crippen LogP contribution in [0.4, 0.5) is 5.69 Å². The topological polar surface area (TPSA) is 24.9 Å². The van der Waals surface area contributed by atoms with Gasteiger partial charge in [-0.3, -0.25) is 4.98 Å². The smallest absolute Gasteiger partial charge is 0.0702 e. The van der Waals surface area contributed by atoms with E-state index in [9.17, 15) is 0 Å². The Bertz CT molecular complexity index is 785. The maximum atomic E-state index is 5.40. The summed E-state index contributed by atoms with van der Waals surface area (Å²) in [5.41, 5.74) is 4.16. The maximum Gasteiger partial charge on any atom is 0.0702 e. The van der Waals surface area contributed by atoms with Crippen molar-refractivity contribution in [1.29, 1.82) is 0 Å². The fraction of sp³-hybridized carbons (Fsp3) is 0.0556. The van der Waals surface area contributed by atoms with Crippen LogP contribution in [-0.2, 0) is 6.54 Å². The predicted molar refractivity (Wildman–Crippen MR) is 83.4 cm³/mol. The molecule has 0 saturated heterocycles. The molecule has 2 heteroatoms. The lowest BCUT2D eigenvalue weighted by Crippen LogP contribution is -1.99. The summed E-state index contributed by atoms with van der Waals surface area (Å²) in [6, 6.07) is 18.2. The van der Waals surface area contributed by atoms with E-state index in [1.54, 1.807) is 0 Å². The zero-order valence-electron chi connectivity index (χ0n) is 11.0. The highest BCUT2D eigenvalue weighted by atomic mass is 14.9. The number of rotatable bonds is 3. The first-order chi connectivity index (χ1) is 9.85. The number of fused-ring (bicyclic) bond motifs is 1. The van der Waals surface area contributed by atoms with Crippen molar-refractivity contribution >= 4 is 16.6 Å². The van der Waals surface area contributed by atoms with Gasteiger partial charge in [0.05, 0.1) is 5.52 Å². The van der Waals surface area contributed by atoms with E-state index in [0.717, 1.165) is 28.7 Å². The van der Waals surface area contributed by atoms with Crippen molar-refractivity contribution in [2.24, 2.45) is 0 Å². The minimum absolute atomic E-state index is 0.763. The Labute approximate surface area is 118 Å². The zero-order chi connectivity index (χ0) is 13.8. The van der Waals surface area contributed by atoms with Gasteiger partial charge >= 0.3 is 0 Å². The lowest BCUT2D eigenvalue weighted by molar-refractivity contribution is 1.15. The highest BCUT2D eigenvalue weighted by molar-refractivity contribution is 5.79. The van der Waals surface area contributed by atoms with Crippen LogP contribution in [0.5, 0.6) is 0 Å². The summed E-state index contributed by atoms with van der Waals surface area (Å²) in [6.07, 6.45) is 7.21. The van der Waals surface area contributed by atoms with Crippen LogP contribution in [0.1, 0.15) is 11.1 Å². The number of anilines is 1. The molecule has 0 fully saturated rings. The Morgan fingerprint density at radius 2 is 2.00 bits per heavy atom. The lowest BCUT2D eigenvalue weighted by atomic mass is 10.1. The largest absolute Gasteiger partial charge is 0.381 e. The Hall–Kier alpha value is -2.79. The number of hydrogen-bond acceptors (Lipinski definition) is 2. The minimum atomic E-state index is 0.763. The third kappa shape index (κ3) is 2.62. The van der Waals surface area contributed by atoms with E-state index in [4.69, 9.17) is 6.42 Å². The molecule has 0 spiro atoms. The highest BCUT2D eigenvalue weighted by Gasteiger charge is 1.98. The molecule has 0 amide bonds. The molecule has 2 nitrogen and oxygen atoms in total. The van der Waals surface area contributed by atoms with Crippen LogP contribution < -0.4 is 5.32 Å². The van der Waals surface area contributed by atoms with Crippen molar-refractivity contribution in [3.05, 3.63) is 71.9 Å². The van der Waals surface area contributed by atoms with Crippen LogP contribution in [-0.4, -0.2) is 4.98 Å². The highest BCUT2D eigenvalue weighted by Crippen LogP contribution is 2.15. The molecule has 0 saturated carbocycles. The molecule has 2 aromatic carbocycles. The Morgan fingerprint density at radius 1 is 1.05 bits per heavy atom. The van der Waals surface area contributed by atoms with Crippen LogP contribution in [0.25, 0.3) is 10.9 Å². The molecule has 0 radical (unpaired) electrons. The second-order valence-corrected chi connectivity index (χ2v) is 4.61. The van der Waals surface area contributed by atoms with E-state index in [0.29, 0.717) is 0 Å². The van der Waals surface area contributed by atoms with Crippen molar-refractivity contribution in [1.82, 2.24) is 4.98 Å². The van der Waals surface area contributed by atoms with Crippen LogP contribution in [0, 0.1) is 12.3 Å². The van der Waals surface area contributed by atoms with E-state index >= 15 is 0 Å². The van der Waals surface area contributed by atoms with Gasteiger partial charge in [-0.1, -0.05) is 24.1 Å². The summed E-state index contributed by atoms with van der Waals surface area (Å²) in [5.74, 6) is 2.64. The van der Waals surface area contributed by atoms with Crippen molar-refractivity contribution in [2.45, 2.75) is 6.54 Å². The Morgan fingerprint density at radius 3 is 2.90 bits per heavy atom. The van der Waals surface area contributed by atoms with E-state index < -0.39 is 0 Å². The van der Waals surface area contributed by atoms with E-state index in [2.05, 4.69) is 34.4 Å². The second kappa shape index (κ2) is 5.46. The molecule has 20 heavy (non-hydrogen) atoms. The van der Waals surface area contributed by atoms with E-state index in [1.807, 2.05) is 42.6 Å². The van der Waals surface area contributed by atoms with Crippen LogP contribution in [0.2, 0.25) is 0 Å². The van der Waals surface area contributed by atoms with Crippen LogP contribution in [0.15, 0.2) is 60.8 Å². The van der Waals surface area contributed by atoms with Gasteiger partial charge in [0.15, 0.2) is 0 Å². The van der Waals surface area contributed by atoms with Gasteiger partial charge in [-0.15, -0.1) is 6.42 Å². The summed E-state index contributed by atoms with van der Waals surface area (Å²) in [5, 5.41) is 4.54. The molecule has 1 aromatic heterocycles. The molecule has 3 rings (SSSR count). The molecule has 0 unspecified atom stereocenters. The fourth-order valence-electron chi connectivity index (χ4n) is 2.16. The molecule has 0 bridgehead atoms. The van der Waals surface area contributed by atoms with Gasteiger partial charge in [-0.25, -0.2) is 0 Å². The molecular weight excluding hydrogens is 244 g/mol. The third-order valence-electron chi connectivity index (χ3n) is 3.19. The van der Waals surface area contributed by atoms with Crippen LogP contribution in [0.3, 0.4) is 0 Å². The van der Waals surface area contributed by atoms with Crippen molar-refractivity contribution in [3.63, 3.8) is 0 Å². The fourth-order valence-corrected chi connectivity index (χ4v) is 2.16. The number of benzene rings is 2. The Kier molecular flexibility index (Phi) is 3.34. The Balaban J connectivity index is 1.78. The van der Waals surface area contributed by atoms with E-state index in [-0.39, 0.29) is 0 Å². The number of hydrogen-bond donors (Lipinski definition) is 1. The summed E-state index contributed by atoms with van der Waals surface area (Å²) in [4.78, 5) is 4.32. The van der Waals surface area contributed by atoms with Crippen molar-refractivity contribution < 1.29 is 0 Å². The average molecular weight is 258 g/mol. The van der Waals surface area contributed by atoms with Crippen molar-refractivity contribution in [3.8, 4) is 12.3 Å². The molecular formula is C18H14N2. The lowest BCUT2D eigenvalue weighted by Gasteiger charge is -2.08. The monoisotopic (exact) mass is 258 g/mol. The SMILES string of the molecule is C#Cc1cccc(NCc2ccc3ncccc3c2)c1. The number of pyridine rings is 1. The number of nitrogens with zero attached hydrogens (tertiary/aromatic N) is 1. The standard InChI is InChI=1S/C18H14N2/c1-2-14-5-3-7-17(12-14)20-13-15-8-9-18-16(11-15)6-4-10-19-18/h1,3-12,20H,13H2. The van der Waals surface area contributed by atoms with Gasteiger partial charge in [0, 0.05) is 29.4 Å². The zero-order valence-corrected chi connectivity index (χ0v) is 11.0. The van der Waals surface area contributed by atoms with Gasteiger partial charge in [0.2, 0.25) is 0 Å².